The molecule has 3 aliphatic heterocycles. The van der Waals surface area contributed by atoms with Gasteiger partial charge in [-0.1, -0.05) is 15.9 Å². The van der Waals surface area contributed by atoms with Crippen LogP contribution in [0.2, 0.25) is 0 Å². The summed E-state index contributed by atoms with van der Waals surface area (Å²) < 4.78 is 11.9. The third-order valence-electron chi connectivity index (χ3n) is 4.70. The Kier molecular flexibility index (Phi) is 3.36. The molecule has 2 atom stereocenters. The van der Waals surface area contributed by atoms with Crippen LogP contribution in [0.4, 0.5) is 0 Å². The maximum atomic E-state index is 5.46. The second-order valence-electron chi connectivity index (χ2n) is 5.82. The maximum absolute atomic E-state index is 5.46. The number of fused-ring (bicyclic) bond motifs is 2. The number of hydrogen-bond donors (Lipinski definition) is 1. The van der Waals surface area contributed by atoms with E-state index in [-0.39, 0.29) is 0 Å². The first kappa shape index (κ1) is 12.9. The molecule has 1 N–H and O–H groups in total. The molecule has 2 saturated heterocycles. The van der Waals surface area contributed by atoms with Crippen molar-refractivity contribution in [1.82, 2.24) is 10.2 Å². The number of halogens is 1. The minimum absolute atomic E-state index is 0.332. The van der Waals surface area contributed by atoms with E-state index in [0.29, 0.717) is 12.8 Å². The van der Waals surface area contributed by atoms with Crippen molar-refractivity contribution >= 4 is 15.9 Å². The molecule has 0 amide bonds. The Morgan fingerprint density at radius 3 is 2.95 bits per heavy atom. The molecular weight excluding hydrogens is 320 g/mol. The standard InChI is InChI=1S/C15H19BrN2O2/c16-11-7-15-14(19-9-20-15)6-10(11)8-17-12-3-5-18-4-1-2-13(12)18/h6-7,12-13,17H,1-5,8-9H2. The van der Waals surface area contributed by atoms with Gasteiger partial charge in [0.05, 0.1) is 0 Å². The first-order valence-electron chi connectivity index (χ1n) is 7.37. The monoisotopic (exact) mass is 338 g/mol. The summed E-state index contributed by atoms with van der Waals surface area (Å²) in [5.41, 5.74) is 1.24. The van der Waals surface area contributed by atoms with Crippen LogP contribution in [0.3, 0.4) is 0 Å². The fraction of sp³-hybridized carbons (Fsp3) is 0.600. The molecule has 4 nitrogen and oxygen atoms in total. The Balaban J connectivity index is 1.44. The topological polar surface area (TPSA) is 33.7 Å². The van der Waals surface area contributed by atoms with Crippen LogP contribution >= 0.6 is 15.9 Å². The van der Waals surface area contributed by atoms with E-state index in [0.717, 1.165) is 28.6 Å². The number of nitrogens with zero attached hydrogens (tertiary/aromatic N) is 1. The van der Waals surface area contributed by atoms with E-state index < -0.39 is 0 Å². The van der Waals surface area contributed by atoms with Gasteiger partial charge in [-0.25, -0.2) is 0 Å². The van der Waals surface area contributed by atoms with E-state index in [2.05, 4.69) is 32.2 Å². The van der Waals surface area contributed by atoms with Crippen molar-refractivity contribution in [3.8, 4) is 11.5 Å². The Labute approximate surface area is 127 Å². The van der Waals surface area contributed by atoms with Crippen LogP contribution in [0.1, 0.15) is 24.8 Å². The smallest absolute Gasteiger partial charge is 0.231 e. The van der Waals surface area contributed by atoms with Crippen LogP contribution < -0.4 is 14.8 Å². The zero-order valence-corrected chi connectivity index (χ0v) is 13.0. The molecule has 4 rings (SSSR count). The zero-order valence-electron chi connectivity index (χ0n) is 11.4. The van der Waals surface area contributed by atoms with Crippen molar-refractivity contribution in [1.29, 1.82) is 0 Å². The molecule has 0 aromatic heterocycles. The molecule has 3 aliphatic rings. The highest BCUT2D eigenvalue weighted by Gasteiger charge is 2.36. The van der Waals surface area contributed by atoms with Gasteiger partial charge in [0.2, 0.25) is 6.79 Å². The summed E-state index contributed by atoms with van der Waals surface area (Å²) in [4.78, 5) is 2.63. The third-order valence-corrected chi connectivity index (χ3v) is 5.44. The molecule has 1 aromatic carbocycles. The molecule has 2 fully saturated rings. The van der Waals surface area contributed by atoms with Crippen molar-refractivity contribution in [3.63, 3.8) is 0 Å². The Morgan fingerprint density at radius 1 is 1.20 bits per heavy atom. The lowest BCUT2D eigenvalue weighted by Crippen LogP contribution is -2.38. The highest BCUT2D eigenvalue weighted by molar-refractivity contribution is 9.10. The molecule has 3 heterocycles. The van der Waals surface area contributed by atoms with Gasteiger partial charge in [-0.15, -0.1) is 0 Å². The lowest BCUT2D eigenvalue weighted by Gasteiger charge is -2.21. The van der Waals surface area contributed by atoms with Gasteiger partial charge in [-0.2, -0.15) is 0 Å². The predicted molar refractivity (Wildman–Crippen MR) is 80.1 cm³/mol. The number of rotatable bonds is 3. The number of benzene rings is 1. The van der Waals surface area contributed by atoms with E-state index in [4.69, 9.17) is 9.47 Å². The minimum atomic E-state index is 0.332. The SMILES string of the molecule is Brc1cc2c(cc1CNC1CCN3CCCC13)OCO2. The Hall–Kier alpha value is -0.780. The van der Waals surface area contributed by atoms with Crippen LogP contribution in [-0.2, 0) is 6.54 Å². The van der Waals surface area contributed by atoms with Gasteiger partial charge in [0, 0.05) is 29.6 Å². The number of hydrogen-bond acceptors (Lipinski definition) is 4. The summed E-state index contributed by atoms with van der Waals surface area (Å²) in [6.45, 7) is 3.76. The van der Waals surface area contributed by atoms with Gasteiger partial charge in [0.1, 0.15) is 0 Å². The van der Waals surface area contributed by atoms with Crippen LogP contribution in [0, 0.1) is 0 Å². The maximum Gasteiger partial charge on any atom is 0.231 e. The van der Waals surface area contributed by atoms with Gasteiger partial charge in [-0.05, 0) is 43.5 Å². The fourth-order valence-corrected chi connectivity index (χ4v) is 4.12. The van der Waals surface area contributed by atoms with Crippen LogP contribution in [0.25, 0.3) is 0 Å². The lowest BCUT2D eigenvalue weighted by molar-refractivity contribution is 0.174. The number of nitrogens with one attached hydrogen (secondary N) is 1. The molecule has 0 radical (unpaired) electrons. The van der Waals surface area contributed by atoms with Crippen molar-refractivity contribution in [2.24, 2.45) is 0 Å². The highest BCUT2D eigenvalue weighted by atomic mass is 79.9. The number of ether oxygens (including phenoxy) is 2. The molecule has 0 aliphatic carbocycles. The van der Waals surface area contributed by atoms with E-state index in [9.17, 15) is 0 Å². The Morgan fingerprint density at radius 2 is 2.05 bits per heavy atom. The molecule has 1 aromatic rings. The van der Waals surface area contributed by atoms with Gasteiger partial charge in [-0.3, -0.25) is 4.90 Å². The summed E-state index contributed by atoms with van der Waals surface area (Å²) >= 11 is 3.63. The lowest BCUT2D eigenvalue weighted by atomic mass is 10.1. The van der Waals surface area contributed by atoms with Crippen molar-refractivity contribution in [2.75, 3.05) is 19.9 Å². The zero-order chi connectivity index (χ0) is 13.5. The normalized spacial score (nSPS) is 28.1. The molecular formula is C15H19BrN2O2. The van der Waals surface area contributed by atoms with Crippen molar-refractivity contribution < 1.29 is 9.47 Å². The van der Waals surface area contributed by atoms with Crippen LogP contribution in [0.15, 0.2) is 16.6 Å². The third kappa shape index (κ3) is 2.22. The first-order valence-corrected chi connectivity index (χ1v) is 8.16. The molecule has 5 heteroatoms. The molecule has 0 saturated carbocycles. The second kappa shape index (κ2) is 5.20. The summed E-state index contributed by atoms with van der Waals surface area (Å²) in [5, 5.41) is 3.73. The molecule has 0 spiro atoms. The summed E-state index contributed by atoms with van der Waals surface area (Å²) in [6, 6.07) is 5.48. The first-order chi connectivity index (χ1) is 9.81. The van der Waals surface area contributed by atoms with E-state index in [1.54, 1.807) is 0 Å². The Bertz CT molecular complexity index is 523. The quantitative estimate of drug-likeness (QED) is 0.918. The van der Waals surface area contributed by atoms with E-state index in [1.165, 1.54) is 37.9 Å². The molecule has 108 valence electrons. The van der Waals surface area contributed by atoms with Gasteiger partial charge in [0.15, 0.2) is 11.5 Å². The van der Waals surface area contributed by atoms with Crippen LogP contribution in [0.5, 0.6) is 11.5 Å². The van der Waals surface area contributed by atoms with Crippen molar-refractivity contribution in [2.45, 2.75) is 37.9 Å². The van der Waals surface area contributed by atoms with Crippen molar-refractivity contribution in [3.05, 3.63) is 22.2 Å². The molecule has 2 unspecified atom stereocenters. The largest absolute Gasteiger partial charge is 0.454 e. The van der Waals surface area contributed by atoms with Crippen LogP contribution in [-0.4, -0.2) is 36.9 Å². The highest BCUT2D eigenvalue weighted by Crippen LogP contribution is 2.37. The van der Waals surface area contributed by atoms with Gasteiger partial charge < -0.3 is 14.8 Å². The second-order valence-corrected chi connectivity index (χ2v) is 6.67. The molecule has 20 heavy (non-hydrogen) atoms. The summed E-state index contributed by atoms with van der Waals surface area (Å²) in [7, 11) is 0. The van der Waals surface area contributed by atoms with E-state index in [1.807, 2.05) is 6.07 Å². The summed E-state index contributed by atoms with van der Waals surface area (Å²) in [5.74, 6) is 1.70. The molecule has 0 bridgehead atoms. The average molecular weight is 339 g/mol. The van der Waals surface area contributed by atoms with E-state index >= 15 is 0 Å². The average Bonchev–Trinajstić information content (AvgIpc) is 3.12. The van der Waals surface area contributed by atoms with Gasteiger partial charge >= 0.3 is 0 Å². The summed E-state index contributed by atoms with van der Waals surface area (Å²) in [6.07, 6.45) is 3.98. The minimum Gasteiger partial charge on any atom is -0.454 e. The van der Waals surface area contributed by atoms with Gasteiger partial charge in [0.25, 0.3) is 0 Å². The predicted octanol–water partition coefficient (Wildman–Crippen LogP) is 2.50. The fourth-order valence-electron chi connectivity index (χ4n) is 3.66.